The zero-order valence-corrected chi connectivity index (χ0v) is 10.2. The van der Waals surface area contributed by atoms with Crippen LogP contribution in [0, 0.1) is 5.92 Å². The Kier molecular flexibility index (Phi) is 4.37. The third-order valence-corrected chi connectivity index (χ3v) is 3.11. The first-order valence-corrected chi connectivity index (χ1v) is 6.28. The molecule has 0 aliphatic heterocycles. The molecule has 1 saturated carbocycles. The molecule has 0 atom stereocenters. The van der Waals surface area contributed by atoms with Crippen LogP contribution in [0.25, 0.3) is 0 Å². The van der Waals surface area contributed by atoms with Gasteiger partial charge in [-0.2, -0.15) is 0 Å². The van der Waals surface area contributed by atoms with E-state index in [1.54, 1.807) is 0 Å². The van der Waals surface area contributed by atoms with Crippen molar-refractivity contribution in [3.8, 4) is 0 Å². The minimum atomic E-state index is 0.984. The maximum Gasteiger partial charge on any atom is 0.0206 e. The number of benzene rings is 1. The van der Waals surface area contributed by atoms with Crippen molar-refractivity contribution >= 4 is 0 Å². The van der Waals surface area contributed by atoms with E-state index in [2.05, 4.69) is 47.6 Å². The molecular weight excluding hydrogens is 196 g/mol. The zero-order chi connectivity index (χ0) is 11.2. The van der Waals surface area contributed by atoms with Crippen molar-refractivity contribution in [2.45, 2.75) is 19.4 Å². The van der Waals surface area contributed by atoms with Crippen molar-refractivity contribution in [2.75, 3.05) is 26.7 Å². The minimum absolute atomic E-state index is 0.984. The fraction of sp³-hybridized carbons (Fsp3) is 0.571. The van der Waals surface area contributed by atoms with Gasteiger partial charge in [0.1, 0.15) is 0 Å². The van der Waals surface area contributed by atoms with E-state index in [1.165, 1.54) is 24.9 Å². The van der Waals surface area contributed by atoms with Crippen LogP contribution < -0.4 is 5.32 Å². The third-order valence-electron chi connectivity index (χ3n) is 3.11. The average Bonchev–Trinajstić information content (AvgIpc) is 3.10. The Hall–Kier alpha value is -0.860. The van der Waals surface area contributed by atoms with Crippen LogP contribution in [0.1, 0.15) is 18.4 Å². The number of likely N-dealkylation sites (N-methyl/N-ethyl adjacent to an activating group) is 1. The van der Waals surface area contributed by atoms with E-state index < -0.39 is 0 Å². The highest BCUT2D eigenvalue weighted by atomic mass is 15.1. The summed E-state index contributed by atoms with van der Waals surface area (Å²) in [6, 6.07) is 10.6. The third kappa shape index (κ3) is 4.33. The fourth-order valence-corrected chi connectivity index (χ4v) is 1.93. The molecule has 88 valence electrons. The topological polar surface area (TPSA) is 15.3 Å². The Morgan fingerprint density at radius 3 is 2.69 bits per heavy atom. The molecule has 0 unspecified atom stereocenters. The molecule has 0 bridgehead atoms. The van der Waals surface area contributed by atoms with Crippen LogP contribution in [0.4, 0.5) is 0 Å². The highest BCUT2D eigenvalue weighted by Crippen LogP contribution is 2.29. The normalized spacial score (nSPS) is 15.6. The van der Waals surface area contributed by atoms with Gasteiger partial charge in [0.05, 0.1) is 0 Å². The van der Waals surface area contributed by atoms with Crippen molar-refractivity contribution in [1.82, 2.24) is 10.2 Å². The van der Waals surface area contributed by atoms with E-state index in [4.69, 9.17) is 0 Å². The number of hydrogen-bond donors (Lipinski definition) is 1. The monoisotopic (exact) mass is 218 g/mol. The predicted molar refractivity (Wildman–Crippen MR) is 68.4 cm³/mol. The summed E-state index contributed by atoms with van der Waals surface area (Å²) in [5.41, 5.74) is 1.37. The molecule has 1 N–H and O–H groups in total. The number of rotatable bonds is 7. The molecule has 0 amide bonds. The standard InChI is InChI=1S/C14H22N2/c1-16(12-14-7-8-14)10-9-15-11-13-5-3-2-4-6-13/h2-6,14-15H,7-12H2,1H3. The molecule has 0 aromatic heterocycles. The second-order valence-electron chi connectivity index (χ2n) is 4.87. The van der Waals surface area contributed by atoms with E-state index in [9.17, 15) is 0 Å². The van der Waals surface area contributed by atoms with Crippen LogP contribution in [0.15, 0.2) is 30.3 Å². The Balaban J connectivity index is 1.54. The summed E-state index contributed by atoms with van der Waals surface area (Å²) in [5, 5.41) is 3.48. The Morgan fingerprint density at radius 1 is 1.25 bits per heavy atom. The summed E-state index contributed by atoms with van der Waals surface area (Å²) in [5.74, 6) is 0.999. The highest BCUT2D eigenvalue weighted by molar-refractivity contribution is 5.14. The first kappa shape index (κ1) is 11.6. The molecule has 0 radical (unpaired) electrons. The molecule has 1 aromatic rings. The van der Waals surface area contributed by atoms with Crippen molar-refractivity contribution in [2.24, 2.45) is 5.92 Å². The van der Waals surface area contributed by atoms with E-state index in [1.807, 2.05) is 0 Å². The van der Waals surface area contributed by atoms with Gasteiger partial charge in [-0.3, -0.25) is 0 Å². The molecular formula is C14H22N2. The van der Waals surface area contributed by atoms with E-state index in [-0.39, 0.29) is 0 Å². The van der Waals surface area contributed by atoms with Crippen molar-refractivity contribution in [3.05, 3.63) is 35.9 Å². The summed E-state index contributed by atoms with van der Waals surface area (Å²) in [7, 11) is 2.22. The second kappa shape index (κ2) is 6.02. The van der Waals surface area contributed by atoms with E-state index in [0.717, 1.165) is 25.6 Å². The largest absolute Gasteiger partial charge is 0.311 e. The number of nitrogens with one attached hydrogen (secondary N) is 1. The average molecular weight is 218 g/mol. The molecule has 1 aliphatic rings. The quantitative estimate of drug-likeness (QED) is 0.705. The van der Waals surface area contributed by atoms with Gasteiger partial charge >= 0.3 is 0 Å². The first-order valence-electron chi connectivity index (χ1n) is 6.28. The molecule has 1 fully saturated rings. The predicted octanol–water partition coefficient (Wildman–Crippen LogP) is 2.12. The Bertz CT molecular complexity index is 293. The van der Waals surface area contributed by atoms with Gasteiger partial charge in [0.25, 0.3) is 0 Å². The summed E-state index contributed by atoms with van der Waals surface area (Å²) in [6.07, 6.45) is 2.89. The minimum Gasteiger partial charge on any atom is -0.311 e. The number of nitrogens with zero attached hydrogens (tertiary/aromatic N) is 1. The summed E-state index contributed by atoms with van der Waals surface area (Å²) in [6.45, 7) is 4.51. The smallest absolute Gasteiger partial charge is 0.0206 e. The van der Waals surface area contributed by atoms with Crippen LogP contribution in [0.5, 0.6) is 0 Å². The van der Waals surface area contributed by atoms with Gasteiger partial charge in [-0.05, 0) is 31.4 Å². The van der Waals surface area contributed by atoms with Gasteiger partial charge in [0.15, 0.2) is 0 Å². The first-order chi connectivity index (χ1) is 7.84. The maximum absolute atomic E-state index is 3.48. The van der Waals surface area contributed by atoms with Gasteiger partial charge in [0.2, 0.25) is 0 Å². The molecule has 16 heavy (non-hydrogen) atoms. The number of hydrogen-bond acceptors (Lipinski definition) is 2. The van der Waals surface area contributed by atoms with Gasteiger partial charge in [-0.15, -0.1) is 0 Å². The molecule has 2 nitrogen and oxygen atoms in total. The van der Waals surface area contributed by atoms with Gasteiger partial charge in [0, 0.05) is 26.2 Å². The Morgan fingerprint density at radius 2 is 2.00 bits per heavy atom. The maximum atomic E-state index is 3.48. The molecule has 0 saturated heterocycles. The molecule has 1 aromatic carbocycles. The summed E-state index contributed by atoms with van der Waals surface area (Å²) < 4.78 is 0. The van der Waals surface area contributed by atoms with E-state index >= 15 is 0 Å². The molecule has 2 rings (SSSR count). The van der Waals surface area contributed by atoms with Gasteiger partial charge in [-0.1, -0.05) is 30.3 Å². The van der Waals surface area contributed by atoms with Crippen molar-refractivity contribution in [1.29, 1.82) is 0 Å². The lowest BCUT2D eigenvalue weighted by molar-refractivity contribution is 0.318. The SMILES string of the molecule is CN(CCNCc1ccccc1)CC1CC1. The highest BCUT2D eigenvalue weighted by Gasteiger charge is 2.22. The second-order valence-corrected chi connectivity index (χ2v) is 4.87. The van der Waals surface area contributed by atoms with Crippen LogP contribution in [-0.2, 0) is 6.54 Å². The fourth-order valence-electron chi connectivity index (χ4n) is 1.93. The lowest BCUT2D eigenvalue weighted by Crippen LogP contribution is -2.30. The lowest BCUT2D eigenvalue weighted by atomic mass is 10.2. The summed E-state index contributed by atoms with van der Waals surface area (Å²) in [4.78, 5) is 2.44. The molecule has 0 spiro atoms. The Labute approximate surface area is 98.7 Å². The van der Waals surface area contributed by atoms with Gasteiger partial charge in [-0.25, -0.2) is 0 Å². The lowest BCUT2D eigenvalue weighted by Gasteiger charge is -2.16. The van der Waals surface area contributed by atoms with Gasteiger partial charge < -0.3 is 10.2 Å². The zero-order valence-electron chi connectivity index (χ0n) is 10.2. The molecule has 2 heteroatoms. The van der Waals surface area contributed by atoms with Crippen molar-refractivity contribution < 1.29 is 0 Å². The van der Waals surface area contributed by atoms with Crippen LogP contribution in [0.2, 0.25) is 0 Å². The molecule has 0 heterocycles. The van der Waals surface area contributed by atoms with E-state index in [0.29, 0.717) is 0 Å². The van der Waals surface area contributed by atoms with Crippen LogP contribution in [0.3, 0.4) is 0 Å². The molecule has 1 aliphatic carbocycles. The van der Waals surface area contributed by atoms with Crippen LogP contribution >= 0.6 is 0 Å². The van der Waals surface area contributed by atoms with Crippen molar-refractivity contribution in [3.63, 3.8) is 0 Å². The van der Waals surface area contributed by atoms with Crippen LogP contribution in [-0.4, -0.2) is 31.6 Å². The summed E-state index contributed by atoms with van der Waals surface area (Å²) >= 11 is 0.